The molecule has 15 nitrogen and oxygen atoms in total. The highest BCUT2D eigenvalue weighted by Crippen LogP contribution is 2.36. The highest BCUT2D eigenvalue weighted by Gasteiger charge is 2.38. The number of nitrogens with zero attached hydrogens (tertiary/aromatic N) is 4. The second-order valence-electron chi connectivity index (χ2n) is 15.6. The number of benzene rings is 2. The van der Waals surface area contributed by atoms with Gasteiger partial charge in [-0.05, 0) is 67.6 Å². The van der Waals surface area contributed by atoms with Gasteiger partial charge >= 0.3 is 12.2 Å². The Labute approximate surface area is 344 Å². The summed E-state index contributed by atoms with van der Waals surface area (Å²) in [5.41, 5.74) is 6.44. The molecule has 0 spiro atoms. The highest BCUT2D eigenvalue weighted by atomic mass is 16.5. The van der Waals surface area contributed by atoms with Crippen molar-refractivity contribution in [3.05, 3.63) is 84.2 Å². The smallest absolute Gasteiger partial charge is 0.407 e. The first-order chi connectivity index (χ1) is 28.6. The van der Waals surface area contributed by atoms with E-state index in [2.05, 4.69) is 74.1 Å². The van der Waals surface area contributed by atoms with Crippen molar-refractivity contribution < 1.29 is 33.4 Å². The van der Waals surface area contributed by atoms with E-state index in [0.717, 1.165) is 83.7 Å². The third-order valence-electron chi connectivity index (χ3n) is 11.4. The van der Waals surface area contributed by atoms with Gasteiger partial charge in [0.25, 0.3) is 0 Å². The number of methoxy groups -OCH3 is 2. The number of amides is 4. The fourth-order valence-electron chi connectivity index (χ4n) is 8.27. The molecule has 4 atom stereocenters. The molecule has 0 aliphatic carbocycles. The molecular weight excluding hydrogens is 753 g/mol. The van der Waals surface area contributed by atoms with Crippen LogP contribution in [-0.2, 0) is 30.4 Å². The lowest BCUT2D eigenvalue weighted by molar-refractivity contribution is -0.135. The molecule has 0 unspecified atom stereocenters. The van der Waals surface area contributed by atoms with E-state index >= 15 is 0 Å². The van der Waals surface area contributed by atoms with Gasteiger partial charge in [-0.3, -0.25) is 9.59 Å². The van der Waals surface area contributed by atoms with Crippen LogP contribution in [0.2, 0.25) is 0 Å². The summed E-state index contributed by atoms with van der Waals surface area (Å²) in [6.07, 6.45) is 9.78. The molecule has 312 valence electrons. The first-order valence-electron chi connectivity index (χ1n) is 20.5. The number of hydrogen-bond donors (Lipinski definition) is 4. The van der Waals surface area contributed by atoms with E-state index in [1.54, 1.807) is 11.1 Å². The summed E-state index contributed by atoms with van der Waals surface area (Å²) < 4.78 is 15.7. The molecule has 7 rings (SSSR count). The van der Waals surface area contributed by atoms with E-state index in [-0.39, 0.29) is 29.8 Å². The third-order valence-corrected chi connectivity index (χ3v) is 11.4. The number of carbonyl (C=O) groups is 4. The Balaban J connectivity index is 1.07. The van der Waals surface area contributed by atoms with Gasteiger partial charge in [-0.25, -0.2) is 19.6 Å². The fraction of sp³-hybridized carbons (Fsp3) is 0.455. The molecule has 2 fully saturated rings. The van der Waals surface area contributed by atoms with Crippen LogP contribution < -0.4 is 10.6 Å². The summed E-state index contributed by atoms with van der Waals surface area (Å²) in [5, 5.41) is 5.46. The van der Waals surface area contributed by atoms with E-state index in [4.69, 9.17) is 19.2 Å². The van der Waals surface area contributed by atoms with Gasteiger partial charge in [-0.2, -0.15) is 0 Å². The van der Waals surface area contributed by atoms with Crippen molar-refractivity contribution in [2.45, 2.75) is 89.6 Å². The summed E-state index contributed by atoms with van der Waals surface area (Å²) in [6.45, 7) is 5.74. The molecule has 4 N–H and O–H groups in total. The first kappa shape index (κ1) is 41.2. The molecule has 2 saturated heterocycles. The van der Waals surface area contributed by atoms with Gasteiger partial charge in [-0.15, -0.1) is 0 Å². The molecule has 2 aromatic heterocycles. The van der Waals surface area contributed by atoms with Crippen LogP contribution in [0.5, 0.6) is 0 Å². The van der Waals surface area contributed by atoms with Gasteiger partial charge in [0.2, 0.25) is 11.8 Å². The average Bonchev–Trinajstić information content (AvgIpc) is 4.09. The van der Waals surface area contributed by atoms with Crippen molar-refractivity contribution >= 4 is 24.0 Å². The SMILES string of the molecule is COC(=O)N[C@H]1CCC/C=C\COCc2[nH]c(nc2-c2ccc(-c3ccc(-c4cnc([C@@H]5CCCN5C(=O)[C@@H](NC(=O)OC)C(C)C)[nH]4)cc3)cc2)[C@@H]2CCCN2C1=O. The number of ether oxygens (including phenoxy) is 3. The number of carbonyl (C=O) groups excluding carboxylic acids is 4. The Bertz CT molecular complexity index is 2130. The molecule has 0 saturated carbocycles. The van der Waals surface area contributed by atoms with E-state index in [1.807, 2.05) is 30.9 Å². The van der Waals surface area contributed by atoms with Crippen LogP contribution in [0.15, 0.2) is 66.9 Å². The van der Waals surface area contributed by atoms with Gasteiger partial charge in [-0.1, -0.05) is 74.5 Å². The number of likely N-dealkylation sites (tertiary alicyclic amines) is 1. The Kier molecular flexibility index (Phi) is 13.1. The van der Waals surface area contributed by atoms with Crippen molar-refractivity contribution in [3.8, 4) is 33.6 Å². The zero-order valence-electron chi connectivity index (χ0n) is 34.2. The van der Waals surface area contributed by atoms with E-state index in [0.29, 0.717) is 38.5 Å². The average molecular weight is 807 g/mol. The van der Waals surface area contributed by atoms with Crippen molar-refractivity contribution in [2.75, 3.05) is 33.9 Å². The lowest BCUT2D eigenvalue weighted by Crippen LogP contribution is -2.51. The highest BCUT2D eigenvalue weighted by molar-refractivity contribution is 5.87. The topological polar surface area (TPSA) is 184 Å². The second-order valence-corrected chi connectivity index (χ2v) is 15.6. The number of allylic oxidation sites excluding steroid dienone is 1. The minimum atomic E-state index is -0.694. The molecule has 3 aliphatic rings. The Morgan fingerprint density at radius 1 is 0.814 bits per heavy atom. The zero-order chi connectivity index (χ0) is 41.5. The van der Waals surface area contributed by atoms with Crippen LogP contribution in [0.1, 0.15) is 88.2 Å². The van der Waals surface area contributed by atoms with Gasteiger partial charge in [0.1, 0.15) is 23.7 Å². The molecule has 4 aromatic rings. The number of H-pyrrole nitrogens is 2. The zero-order valence-corrected chi connectivity index (χ0v) is 34.2. The van der Waals surface area contributed by atoms with Crippen LogP contribution in [0, 0.1) is 5.92 Å². The number of fused-ring (bicyclic) bond motifs is 4. The molecule has 5 heterocycles. The Morgan fingerprint density at radius 2 is 1.49 bits per heavy atom. The number of aromatic amines is 2. The molecule has 15 heteroatoms. The summed E-state index contributed by atoms with van der Waals surface area (Å²) in [6, 6.07) is 14.7. The van der Waals surface area contributed by atoms with E-state index in [1.165, 1.54) is 14.2 Å². The Hall–Kier alpha value is -5.96. The quantitative estimate of drug-likeness (QED) is 0.139. The molecule has 2 aromatic carbocycles. The first-order valence-corrected chi connectivity index (χ1v) is 20.5. The van der Waals surface area contributed by atoms with Crippen LogP contribution in [0.3, 0.4) is 0 Å². The van der Waals surface area contributed by atoms with E-state index < -0.39 is 24.3 Å². The van der Waals surface area contributed by atoms with Crippen molar-refractivity contribution in [2.24, 2.45) is 5.92 Å². The minimum Gasteiger partial charge on any atom is -0.453 e. The summed E-state index contributed by atoms with van der Waals surface area (Å²) in [4.78, 5) is 72.0. The summed E-state index contributed by atoms with van der Waals surface area (Å²) in [5.74, 6) is 1.04. The summed E-state index contributed by atoms with van der Waals surface area (Å²) >= 11 is 0. The third kappa shape index (κ3) is 9.35. The normalized spacial score (nSPS) is 21.0. The van der Waals surface area contributed by atoms with Crippen LogP contribution in [-0.4, -0.2) is 99.7 Å². The number of nitrogens with one attached hydrogen (secondary N) is 4. The van der Waals surface area contributed by atoms with Crippen LogP contribution >= 0.6 is 0 Å². The van der Waals surface area contributed by atoms with Crippen molar-refractivity contribution in [3.63, 3.8) is 0 Å². The summed E-state index contributed by atoms with van der Waals surface area (Å²) in [7, 11) is 2.59. The maximum Gasteiger partial charge on any atom is 0.407 e. The second kappa shape index (κ2) is 18.7. The van der Waals surface area contributed by atoms with E-state index in [9.17, 15) is 19.2 Å². The van der Waals surface area contributed by atoms with Crippen molar-refractivity contribution in [1.29, 1.82) is 0 Å². The molecule has 2 bridgehead atoms. The largest absolute Gasteiger partial charge is 0.453 e. The number of hydrogen-bond acceptors (Lipinski definition) is 9. The van der Waals surface area contributed by atoms with Gasteiger partial charge in [0.05, 0.1) is 62.8 Å². The predicted octanol–water partition coefficient (Wildman–Crippen LogP) is 6.82. The molecule has 59 heavy (non-hydrogen) atoms. The minimum absolute atomic E-state index is 0.111. The number of alkyl carbamates (subject to hydrolysis) is 2. The fourth-order valence-corrected chi connectivity index (χ4v) is 8.27. The number of imidazole rings is 2. The number of rotatable bonds is 8. The van der Waals surface area contributed by atoms with Crippen LogP contribution in [0.25, 0.3) is 33.6 Å². The van der Waals surface area contributed by atoms with Crippen molar-refractivity contribution in [1.82, 2.24) is 40.4 Å². The lowest BCUT2D eigenvalue weighted by Gasteiger charge is -2.30. The Morgan fingerprint density at radius 3 is 2.20 bits per heavy atom. The maximum atomic E-state index is 13.9. The molecule has 4 amide bonds. The van der Waals surface area contributed by atoms with Gasteiger partial charge < -0.3 is 44.6 Å². The monoisotopic (exact) mass is 806 g/mol. The molecule has 0 radical (unpaired) electrons. The van der Waals surface area contributed by atoms with Gasteiger partial charge in [0, 0.05) is 18.7 Å². The molecule has 3 aliphatic heterocycles. The molecular formula is C44H54N8O7. The number of aromatic nitrogens is 4. The standard InChI is InChI=1S/C44H54N8O7/c1-27(2)37(50-44(56)58-4)42(54)52-23-9-12-35(52)39-45-25-33(46-39)30-18-14-28(15-19-30)29-16-20-31(21-17-29)38-34-26-59-24-8-6-5-7-11-32(48-43(55)57-3)41(53)51-22-10-13-36(51)40(47-34)49-38/h6,8,14-21,25,27,32,35-37H,5,7,9-13,22-24,26H2,1-4H3,(H,45,46)(H,47,49)(H,48,55)(H,50,56)/b8-6-/t32-,35-,36-,37-/m0/s1. The van der Waals surface area contributed by atoms with Crippen LogP contribution in [0.4, 0.5) is 9.59 Å². The predicted molar refractivity (Wildman–Crippen MR) is 221 cm³/mol. The van der Waals surface area contributed by atoms with Gasteiger partial charge in [0.15, 0.2) is 0 Å². The lowest BCUT2D eigenvalue weighted by atomic mass is 10.0. The maximum absolute atomic E-state index is 13.9.